The van der Waals surface area contributed by atoms with Crippen LogP contribution in [0.5, 0.6) is 0 Å². The Kier molecular flexibility index (Phi) is 17.3. The summed E-state index contributed by atoms with van der Waals surface area (Å²) < 4.78 is 0. The molecule has 0 aliphatic carbocycles. The van der Waals surface area contributed by atoms with Crippen molar-refractivity contribution in [2.75, 3.05) is 19.8 Å². The smallest absolute Gasteiger partial charge is 0.308 e. The fourth-order valence-corrected chi connectivity index (χ4v) is 3.92. The zero-order valence-corrected chi connectivity index (χ0v) is 21.5. The molecule has 3 heterocycles. The highest BCUT2D eigenvalue weighted by Crippen LogP contribution is 2.11. The number of carboxylic acid groups (broad SMARTS) is 3. The molecule has 0 saturated heterocycles. The number of hydrogen-bond acceptors (Lipinski definition) is 9. The Morgan fingerprint density at radius 1 is 0.629 bits per heavy atom. The summed E-state index contributed by atoms with van der Waals surface area (Å²) >= 11 is 4.41. The summed E-state index contributed by atoms with van der Waals surface area (Å²) in [5, 5.41) is 55.9. The van der Waals surface area contributed by atoms with Gasteiger partial charge in [0.15, 0.2) is 0 Å². The number of thiophene rings is 3. The second-order valence-corrected chi connectivity index (χ2v) is 10.3. The Labute approximate surface area is 215 Å². The standard InChI is InChI=1S/3C6H6O2S.C5H12O3/c3*7-6(8)4-5-2-1-3-9-5;1-5(2-6,3-7)4-8/h3*1-3H,4H2,(H,7,8);6-8H,2-4H2,1H3. The van der Waals surface area contributed by atoms with Crippen LogP contribution in [-0.4, -0.2) is 68.4 Å². The van der Waals surface area contributed by atoms with Crippen molar-refractivity contribution in [1.29, 1.82) is 0 Å². The van der Waals surface area contributed by atoms with E-state index in [1.807, 2.05) is 52.5 Å². The molecule has 0 aliphatic rings. The van der Waals surface area contributed by atoms with Crippen LogP contribution < -0.4 is 0 Å². The van der Waals surface area contributed by atoms with Crippen LogP contribution in [0, 0.1) is 5.41 Å². The Morgan fingerprint density at radius 3 is 1.00 bits per heavy atom. The van der Waals surface area contributed by atoms with Crippen LogP contribution in [0.15, 0.2) is 52.5 Å². The lowest BCUT2D eigenvalue weighted by Crippen LogP contribution is -2.29. The lowest BCUT2D eigenvalue weighted by atomic mass is 9.95. The molecule has 35 heavy (non-hydrogen) atoms. The highest BCUT2D eigenvalue weighted by Gasteiger charge is 2.20. The van der Waals surface area contributed by atoms with Gasteiger partial charge in [0, 0.05) is 20.0 Å². The van der Waals surface area contributed by atoms with Crippen molar-refractivity contribution in [3.63, 3.8) is 0 Å². The summed E-state index contributed by atoms with van der Waals surface area (Å²) in [6, 6.07) is 11.0. The van der Waals surface area contributed by atoms with E-state index < -0.39 is 23.3 Å². The Bertz CT molecular complexity index is 815. The van der Waals surface area contributed by atoms with Crippen molar-refractivity contribution in [1.82, 2.24) is 0 Å². The normalized spacial score (nSPS) is 9.94. The Balaban J connectivity index is 0.000000441. The fraction of sp³-hybridized carbons (Fsp3) is 0.348. The molecule has 0 aliphatic heterocycles. The molecule has 0 saturated carbocycles. The number of carboxylic acids is 3. The molecule has 0 aromatic carbocycles. The first-order valence-corrected chi connectivity index (χ1v) is 12.7. The summed E-state index contributed by atoms with van der Waals surface area (Å²) in [6.07, 6.45) is 0.451. The van der Waals surface area contributed by atoms with Gasteiger partial charge in [-0.05, 0) is 34.3 Å². The van der Waals surface area contributed by atoms with Crippen LogP contribution >= 0.6 is 34.0 Å². The molecule has 3 aromatic heterocycles. The van der Waals surface area contributed by atoms with Crippen LogP contribution in [0.1, 0.15) is 21.6 Å². The van der Waals surface area contributed by atoms with Gasteiger partial charge in [-0.3, -0.25) is 14.4 Å². The van der Waals surface area contributed by atoms with E-state index in [1.54, 1.807) is 6.92 Å². The zero-order valence-electron chi connectivity index (χ0n) is 19.1. The lowest BCUT2D eigenvalue weighted by molar-refractivity contribution is -0.137. The van der Waals surface area contributed by atoms with Crippen LogP contribution in [0.2, 0.25) is 0 Å². The monoisotopic (exact) mass is 546 g/mol. The first-order chi connectivity index (χ1) is 16.5. The lowest BCUT2D eigenvalue weighted by Gasteiger charge is -2.20. The zero-order chi connectivity index (χ0) is 26.7. The molecule has 3 rings (SSSR count). The highest BCUT2D eigenvalue weighted by molar-refractivity contribution is 7.10. The number of rotatable bonds is 9. The maximum Gasteiger partial charge on any atom is 0.308 e. The van der Waals surface area contributed by atoms with Crippen LogP contribution in [0.3, 0.4) is 0 Å². The van der Waals surface area contributed by atoms with Gasteiger partial charge in [-0.25, -0.2) is 0 Å². The molecule has 6 N–H and O–H groups in total. The Hall–Kier alpha value is -2.61. The molecule has 0 spiro atoms. The third-order valence-corrected chi connectivity index (χ3v) is 6.49. The van der Waals surface area contributed by atoms with Crippen LogP contribution in [-0.2, 0) is 33.6 Å². The summed E-state index contributed by atoms with van der Waals surface area (Å²) in [5.41, 5.74) is -0.708. The molecule has 12 heteroatoms. The van der Waals surface area contributed by atoms with Gasteiger partial charge >= 0.3 is 17.9 Å². The third-order valence-electron chi connectivity index (χ3n) is 3.86. The van der Waals surface area contributed by atoms with Gasteiger partial charge in [-0.15, -0.1) is 34.0 Å². The maximum absolute atomic E-state index is 10.1. The molecule has 9 nitrogen and oxygen atoms in total. The molecular formula is C23H30O9S3. The number of aliphatic hydroxyl groups excluding tert-OH is 3. The second-order valence-electron chi connectivity index (χ2n) is 7.23. The molecule has 0 fully saturated rings. The molecule has 0 bridgehead atoms. The molecular weight excluding hydrogens is 516 g/mol. The number of aliphatic carboxylic acids is 3. The molecule has 3 aromatic rings. The van der Waals surface area contributed by atoms with Crippen molar-refractivity contribution in [3.8, 4) is 0 Å². The van der Waals surface area contributed by atoms with Gasteiger partial charge in [-0.1, -0.05) is 25.1 Å². The predicted molar refractivity (Wildman–Crippen MR) is 136 cm³/mol. The summed E-state index contributed by atoms with van der Waals surface area (Å²) in [7, 11) is 0. The predicted octanol–water partition coefficient (Wildman–Crippen LogP) is 3.10. The van der Waals surface area contributed by atoms with E-state index in [9.17, 15) is 14.4 Å². The minimum absolute atomic E-state index is 0.150. The second kappa shape index (κ2) is 18.7. The van der Waals surface area contributed by atoms with E-state index >= 15 is 0 Å². The van der Waals surface area contributed by atoms with Crippen LogP contribution in [0.4, 0.5) is 0 Å². The summed E-state index contributed by atoms with van der Waals surface area (Å²) in [6.45, 7) is 1.06. The first kappa shape index (κ1) is 32.4. The van der Waals surface area contributed by atoms with E-state index in [1.165, 1.54) is 34.0 Å². The summed E-state index contributed by atoms with van der Waals surface area (Å²) in [4.78, 5) is 32.9. The minimum Gasteiger partial charge on any atom is -0.481 e. The summed E-state index contributed by atoms with van der Waals surface area (Å²) in [5.74, 6) is -2.30. The number of carbonyl (C=O) groups is 3. The van der Waals surface area contributed by atoms with Crippen molar-refractivity contribution in [3.05, 3.63) is 67.2 Å². The van der Waals surface area contributed by atoms with Gasteiger partial charge in [0.1, 0.15) is 0 Å². The quantitative estimate of drug-likeness (QED) is 0.236. The van der Waals surface area contributed by atoms with Gasteiger partial charge in [0.05, 0.1) is 39.1 Å². The van der Waals surface area contributed by atoms with Crippen molar-refractivity contribution in [2.45, 2.75) is 26.2 Å². The van der Waals surface area contributed by atoms with Gasteiger partial charge in [0.25, 0.3) is 0 Å². The van der Waals surface area contributed by atoms with E-state index in [-0.39, 0.29) is 39.1 Å². The molecule has 0 unspecified atom stereocenters. The first-order valence-electron chi connectivity index (χ1n) is 10.1. The van der Waals surface area contributed by atoms with E-state index in [0.29, 0.717) is 0 Å². The largest absolute Gasteiger partial charge is 0.481 e. The highest BCUT2D eigenvalue weighted by atomic mass is 32.1. The minimum atomic E-state index is -0.766. The number of aliphatic hydroxyl groups is 3. The maximum atomic E-state index is 10.1. The molecule has 0 atom stereocenters. The Morgan fingerprint density at radius 2 is 0.886 bits per heavy atom. The van der Waals surface area contributed by atoms with Crippen molar-refractivity contribution < 1.29 is 45.0 Å². The van der Waals surface area contributed by atoms with E-state index in [2.05, 4.69) is 0 Å². The third kappa shape index (κ3) is 17.5. The van der Waals surface area contributed by atoms with Crippen LogP contribution in [0.25, 0.3) is 0 Å². The fourth-order valence-electron chi connectivity index (χ4n) is 1.84. The molecule has 194 valence electrons. The SMILES string of the molecule is CC(CO)(CO)CO.O=C(O)Cc1cccs1.O=C(O)Cc1cccs1.O=C(O)Cc1cccs1. The van der Waals surface area contributed by atoms with Crippen molar-refractivity contribution in [2.24, 2.45) is 5.41 Å². The average molecular weight is 547 g/mol. The van der Waals surface area contributed by atoms with E-state index in [0.717, 1.165) is 14.6 Å². The van der Waals surface area contributed by atoms with Crippen molar-refractivity contribution >= 4 is 51.9 Å². The average Bonchev–Trinajstić information content (AvgIpc) is 3.58. The van der Waals surface area contributed by atoms with E-state index in [4.69, 9.17) is 30.6 Å². The number of hydrogen-bond donors (Lipinski definition) is 6. The molecule has 0 amide bonds. The van der Waals surface area contributed by atoms with Gasteiger partial charge in [0.2, 0.25) is 0 Å². The topological polar surface area (TPSA) is 173 Å². The van der Waals surface area contributed by atoms with Gasteiger partial charge < -0.3 is 30.6 Å². The van der Waals surface area contributed by atoms with Gasteiger partial charge in [-0.2, -0.15) is 0 Å². The molecule has 0 radical (unpaired) electrons.